The van der Waals surface area contributed by atoms with E-state index in [2.05, 4.69) is 5.32 Å². The molecule has 5 nitrogen and oxygen atoms in total. The Labute approximate surface area is 126 Å². The van der Waals surface area contributed by atoms with Gasteiger partial charge in [0.2, 0.25) is 5.91 Å². The van der Waals surface area contributed by atoms with Crippen molar-refractivity contribution in [1.29, 1.82) is 0 Å². The summed E-state index contributed by atoms with van der Waals surface area (Å²) in [4.78, 5) is 23.6. The van der Waals surface area contributed by atoms with Crippen molar-refractivity contribution in [3.8, 4) is 0 Å². The number of benzene rings is 1. The Morgan fingerprint density at radius 3 is 2.62 bits per heavy atom. The number of nitrogens with one attached hydrogen (secondary N) is 1. The van der Waals surface area contributed by atoms with Crippen molar-refractivity contribution in [2.45, 2.75) is 18.8 Å². The molecule has 6 heteroatoms. The molecule has 0 unspecified atom stereocenters. The second-order valence-electron chi connectivity index (χ2n) is 5.19. The van der Waals surface area contributed by atoms with Crippen molar-refractivity contribution < 1.29 is 19.4 Å². The van der Waals surface area contributed by atoms with Crippen molar-refractivity contribution in [2.24, 2.45) is 11.8 Å². The molecule has 0 radical (unpaired) electrons. The van der Waals surface area contributed by atoms with Gasteiger partial charge in [-0.1, -0.05) is 35.9 Å². The first kappa shape index (κ1) is 14.1. The van der Waals surface area contributed by atoms with E-state index >= 15 is 0 Å². The summed E-state index contributed by atoms with van der Waals surface area (Å²) in [6.07, 6.45) is 2.52. The zero-order valence-electron chi connectivity index (χ0n) is 11.0. The number of aliphatic carboxylic acids is 1. The molecule has 4 atom stereocenters. The number of carboxylic acid groups (broad SMARTS) is 1. The van der Waals surface area contributed by atoms with E-state index in [0.717, 1.165) is 5.56 Å². The quantitative estimate of drug-likeness (QED) is 0.829. The first-order valence-corrected chi connectivity index (χ1v) is 7.03. The molecule has 1 fully saturated rings. The Morgan fingerprint density at radius 2 is 1.95 bits per heavy atom. The van der Waals surface area contributed by atoms with Crippen LogP contribution in [0, 0.1) is 11.8 Å². The number of carboxylic acids is 1. The maximum absolute atomic E-state index is 12.3. The predicted molar refractivity (Wildman–Crippen MR) is 75.7 cm³/mol. The lowest BCUT2D eigenvalue weighted by Crippen LogP contribution is -2.42. The standard InChI is InChI=1S/C15H14ClNO4/c16-9-3-1-2-8(6-9)7-17-14(18)12-10-4-5-11(21-10)13(12)15(19)20/h1-6,10-13H,7H2,(H,17,18)(H,19,20)/t10-,11-,12+,13-/m0/s1. The fraction of sp³-hybridized carbons (Fsp3) is 0.333. The summed E-state index contributed by atoms with van der Waals surface area (Å²) in [5.41, 5.74) is 0.863. The first-order valence-electron chi connectivity index (χ1n) is 6.65. The van der Waals surface area contributed by atoms with Crippen molar-refractivity contribution in [3.05, 3.63) is 47.0 Å². The fourth-order valence-corrected chi connectivity index (χ4v) is 3.08. The summed E-state index contributed by atoms with van der Waals surface area (Å²) >= 11 is 5.88. The van der Waals surface area contributed by atoms with Crippen LogP contribution in [0.3, 0.4) is 0 Å². The van der Waals surface area contributed by atoms with E-state index in [0.29, 0.717) is 11.6 Å². The van der Waals surface area contributed by atoms with Crippen molar-refractivity contribution in [2.75, 3.05) is 0 Å². The van der Waals surface area contributed by atoms with Gasteiger partial charge in [0.25, 0.3) is 0 Å². The Kier molecular flexibility index (Phi) is 3.69. The van der Waals surface area contributed by atoms with Gasteiger partial charge in [0.1, 0.15) is 5.92 Å². The van der Waals surface area contributed by atoms with E-state index in [1.165, 1.54) is 0 Å². The number of amides is 1. The van der Waals surface area contributed by atoms with Crippen molar-refractivity contribution in [3.63, 3.8) is 0 Å². The Morgan fingerprint density at radius 1 is 1.24 bits per heavy atom. The van der Waals surface area contributed by atoms with E-state index in [4.69, 9.17) is 16.3 Å². The summed E-state index contributed by atoms with van der Waals surface area (Å²) in [7, 11) is 0. The second kappa shape index (κ2) is 5.50. The molecule has 2 aliphatic rings. The highest BCUT2D eigenvalue weighted by Crippen LogP contribution is 2.39. The zero-order chi connectivity index (χ0) is 15.0. The highest BCUT2D eigenvalue weighted by molar-refractivity contribution is 6.30. The van der Waals surface area contributed by atoms with Crippen LogP contribution in [0.5, 0.6) is 0 Å². The topological polar surface area (TPSA) is 75.6 Å². The number of carbonyl (C=O) groups is 2. The van der Waals surface area contributed by atoms with Gasteiger partial charge in [-0.15, -0.1) is 0 Å². The second-order valence-corrected chi connectivity index (χ2v) is 5.62. The minimum Gasteiger partial charge on any atom is -0.481 e. The average molecular weight is 308 g/mol. The molecule has 1 amide bonds. The lowest BCUT2D eigenvalue weighted by molar-refractivity contribution is -0.146. The van der Waals surface area contributed by atoms with E-state index in [9.17, 15) is 14.7 Å². The Hall–Kier alpha value is -1.85. The van der Waals surface area contributed by atoms with Crippen LogP contribution in [0.2, 0.25) is 5.02 Å². The van der Waals surface area contributed by atoms with Gasteiger partial charge in [-0.3, -0.25) is 9.59 Å². The van der Waals surface area contributed by atoms with Crippen LogP contribution < -0.4 is 5.32 Å². The van der Waals surface area contributed by atoms with Gasteiger partial charge in [-0.05, 0) is 17.7 Å². The number of ether oxygens (including phenoxy) is 1. The first-order chi connectivity index (χ1) is 10.1. The van der Waals surface area contributed by atoms with Crippen LogP contribution in [0.1, 0.15) is 5.56 Å². The zero-order valence-corrected chi connectivity index (χ0v) is 11.8. The van der Waals surface area contributed by atoms with Gasteiger partial charge < -0.3 is 15.2 Å². The molecule has 2 bridgehead atoms. The van der Waals surface area contributed by atoms with E-state index in [-0.39, 0.29) is 5.91 Å². The smallest absolute Gasteiger partial charge is 0.310 e. The van der Waals surface area contributed by atoms with Crippen LogP contribution in [-0.4, -0.2) is 29.2 Å². The van der Waals surface area contributed by atoms with Gasteiger partial charge >= 0.3 is 5.97 Å². The molecule has 1 aromatic carbocycles. The molecule has 0 spiro atoms. The number of fused-ring (bicyclic) bond motifs is 2. The molecule has 21 heavy (non-hydrogen) atoms. The normalized spacial score (nSPS) is 29.6. The van der Waals surface area contributed by atoms with Gasteiger partial charge in [0.15, 0.2) is 0 Å². The van der Waals surface area contributed by atoms with Crippen molar-refractivity contribution >= 4 is 23.5 Å². The van der Waals surface area contributed by atoms with Gasteiger partial charge in [-0.2, -0.15) is 0 Å². The molecule has 0 aliphatic carbocycles. The van der Waals surface area contributed by atoms with Gasteiger partial charge in [0.05, 0.1) is 18.1 Å². The maximum Gasteiger partial charge on any atom is 0.310 e. The third kappa shape index (κ3) is 2.66. The summed E-state index contributed by atoms with van der Waals surface area (Å²) in [5.74, 6) is -2.81. The van der Waals surface area contributed by atoms with Crippen molar-refractivity contribution in [1.82, 2.24) is 5.32 Å². The molecule has 2 aliphatic heterocycles. The highest BCUT2D eigenvalue weighted by atomic mass is 35.5. The Balaban J connectivity index is 1.68. The minimum absolute atomic E-state index is 0.306. The number of halogens is 1. The lowest BCUT2D eigenvalue weighted by atomic mass is 9.82. The maximum atomic E-state index is 12.3. The molecule has 2 N–H and O–H groups in total. The molecule has 0 aromatic heterocycles. The number of carbonyl (C=O) groups excluding carboxylic acids is 1. The van der Waals surface area contributed by atoms with E-state index in [1.807, 2.05) is 6.07 Å². The van der Waals surface area contributed by atoms with Crippen LogP contribution in [-0.2, 0) is 20.9 Å². The Bertz CT molecular complexity index is 615. The SMILES string of the molecule is O=C(O)[C@@H]1[C@H](C(=O)NCc2cccc(Cl)c2)[C@@H]2C=C[C@@H]1O2. The van der Waals surface area contributed by atoms with E-state index in [1.54, 1.807) is 30.4 Å². The fourth-order valence-electron chi connectivity index (χ4n) is 2.87. The monoisotopic (exact) mass is 307 g/mol. The molecule has 110 valence electrons. The summed E-state index contributed by atoms with van der Waals surface area (Å²) in [6.45, 7) is 0.309. The molecule has 1 aromatic rings. The summed E-state index contributed by atoms with van der Waals surface area (Å²) in [6, 6.07) is 7.15. The van der Waals surface area contributed by atoms with Gasteiger partial charge in [0, 0.05) is 11.6 Å². The van der Waals surface area contributed by atoms with Gasteiger partial charge in [-0.25, -0.2) is 0 Å². The lowest BCUT2D eigenvalue weighted by Gasteiger charge is -2.21. The minimum atomic E-state index is -1.00. The molecular weight excluding hydrogens is 294 g/mol. The average Bonchev–Trinajstić information content (AvgIpc) is 3.05. The third-order valence-corrected chi connectivity index (χ3v) is 4.08. The largest absolute Gasteiger partial charge is 0.481 e. The number of rotatable bonds is 4. The molecule has 1 saturated heterocycles. The molecule has 2 heterocycles. The molecular formula is C15H14ClNO4. The summed E-state index contributed by atoms with van der Waals surface area (Å²) < 4.78 is 5.48. The van der Waals surface area contributed by atoms with Crippen LogP contribution in [0.4, 0.5) is 0 Å². The highest BCUT2D eigenvalue weighted by Gasteiger charge is 2.53. The molecule has 0 saturated carbocycles. The van der Waals surface area contributed by atoms with Crippen LogP contribution in [0.25, 0.3) is 0 Å². The summed E-state index contributed by atoms with van der Waals surface area (Å²) in [5, 5.41) is 12.6. The van der Waals surface area contributed by atoms with E-state index < -0.39 is 30.0 Å². The van der Waals surface area contributed by atoms with Crippen LogP contribution in [0.15, 0.2) is 36.4 Å². The predicted octanol–water partition coefficient (Wildman–Crippen LogP) is 1.61. The molecule has 3 rings (SSSR count). The number of hydrogen-bond donors (Lipinski definition) is 2. The van der Waals surface area contributed by atoms with Crippen LogP contribution >= 0.6 is 11.6 Å². The number of hydrogen-bond acceptors (Lipinski definition) is 3. The third-order valence-electron chi connectivity index (χ3n) is 3.84.